The Bertz CT molecular complexity index is 687. The molecule has 0 unspecified atom stereocenters. The average molecular weight is 316 g/mol. The van der Waals surface area contributed by atoms with Crippen LogP contribution in [0.4, 0.5) is 0 Å². The van der Waals surface area contributed by atoms with Crippen molar-refractivity contribution < 1.29 is 4.79 Å². The fourth-order valence-electron chi connectivity index (χ4n) is 3.37. The standard InChI is InChI=1S/C16H24N6O/c1-12-8-20(4)14(19-12)13-6-5-7-21(9-13)15(23)16(2,3)22-11-17-10-18-22/h8,10-11,13H,5-7,9H2,1-4H3/t13-/m1/s1. The van der Waals surface area contributed by atoms with Crippen molar-refractivity contribution in [2.75, 3.05) is 13.1 Å². The van der Waals surface area contributed by atoms with Gasteiger partial charge in [0.05, 0.1) is 5.69 Å². The second-order valence-corrected chi connectivity index (χ2v) is 6.84. The van der Waals surface area contributed by atoms with E-state index < -0.39 is 5.54 Å². The normalized spacial score (nSPS) is 19.1. The summed E-state index contributed by atoms with van der Waals surface area (Å²) in [6.07, 6.45) is 7.16. The van der Waals surface area contributed by atoms with Crippen LogP contribution in [-0.4, -0.2) is 48.2 Å². The topological polar surface area (TPSA) is 68.8 Å². The van der Waals surface area contributed by atoms with E-state index in [-0.39, 0.29) is 11.8 Å². The lowest BCUT2D eigenvalue weighted by Crippen LogP contribution is -2.50. The molecule has 1 saturated heterocycles. The van der Waals surface area contributed by atoms with Gasteiger partial charge in [-0.15, -0.1) is 0 Å². The van der Waals surface area contributed by atoms with Gasteiger partial charge in [-0.3, -0.25) is 4.79 Å². The Kier molecular flexibility index (Phi) is 3.95. The highest BCUT2D eigenvalue weighted by atomic mass is 16.2. The van der Waals surface area contributed by atoms with E-state index in [1.807, 2.05) is 38.9 Å². The van der Waals surface area contributed by atoms with Gasteiger partial charge in [0.1, 0.15) is 24.0 Å². The quantitative estimate of drug-likeness (QED) is 0.860. The van der Waals surface area contributed by atoms with Gasteiger partial charge >= 0.3 is 0 Å². The number of aryl methyl sites for hydroxylation is 2. The molecule has 7 nitrogen and oxygen atoms in total. The predicted molar refractivity (Wildman–Crippen MR) is 85.8 cm³/mol. The van der Waals surface area contributed by atoms with Gasteiger partial charge in [-0.25, -0.2) is 14.6 Å². The Morgan fingerprint density at radius 2 is 2.17 bits per heavy atom. The van der Waals surface area contributed by atoms with Gasteiger partial charge < -0.3 is 9.47 Å². The van der Waals surface area contributed by atoms with Gasteiger partial charge in [0.15, 0.2) is 0 Å². The molecule has 1 amide bonds. The van der Waals surface area contributed by atoms with Crippen molar-refractivity contribution in [2.45, 2.75) is 45.1 Å². The van der Waals surface area contributed by atoms with Crippen LogP contribution in [0.25, 0.3) is 0 Å². The van der Waals surface area contributed by atoms with Crippen molar-refractivity contribution in [1.82, 2.24) is 29.2 Å². The summed E-state index contributed by atoms with van der Waals surface area (Å²) in [4.78, 5) is 23.5. The number of hydrogen-bond acceptors (Lipinski definition) is 4. The van der Waals surface area contributed by atoms with Crippen molar-refractivity contribution in [2.24, 2.45) is 7.05 Å². The molecule has 1 aliphatic rings. The van der Waals surface area contributed by atoms with Crippen LogP contribution in [0.2, 0.25) is 0 Å². The fraction of sp³-hybridized carbons (Fsp3) is 0.625. The summed E-state index contributed by atoms with van der Waals surface area (Å²) in [6.45, 7) is 7.28. The van der Waals surface area contributed by atoms with Gasteiger partial charge in [0.25, 0.3) is 0 Å². The molecule has 0 aliphatic carbocycles. The highest BCUT2D eigenvalue weighted by Gasteiger charge is 2.37. The lowest BCUT2D eigenvalue weighted by Gasteiger charge is -2.37. The summed E-state index contributed by atoms with van der Waals surface area (Å²) < 4.78 is 3.71. The maximum absolute atomic E-state index is 13.0. The minimum absolute atomic E-state index is 0.0821. The molecule has 0 saturated carbocycles. The minimum Gasteiger partial charge on any atom is -0.340 e. The van der Waals surface area contributed by atoms with Gasteiger partial charge in [-0.1, -0.05) is 0 Å². The average Bonchev–Trinajstić information content (AvgIpc) is 3.16. The zero-order valence-electron chi connectivity index (χ0n) is 14.2. The number of rotatable bonds is 3. The number of carbonyl (C=O) groups excluding carboxylic acids is 1. The van der Waals surface area contributed by atoms with E-state index in [9.17, 15) is 4.79 Å². The summed E-state index contributed by atoms with van der Waals surface area (Å²) in [6, 6.07) is 0. The third-order valence-electron chi connectivity index (χ3n) is 4.62. The van der Waals surface area contributed by atoms with E-state index in [0.717, 1.165) is 30.9 Å². The Hall–Kier alpha value is -2.18. The van der Waals surface area contributed by atoms with Crippen molar-refractivity contribution >= 4 is 5.91 Å². The molecule has 3 rings (SSSR count). The first-order valence-electron chi connectivity index (χ1n) is 8.04. The number of imidazole rings is 1. The van der Waals surface area contributed by atoms with Crippen LogP contribution in [0, 0.1) is 6.92 Å². The monoisotopic (exact) mass is 316 g/mol. The van der Waals surface area contributed by atoms with Crippen molar-refractivity contribution in [1.29, 1.82) is 0 Å². The first kappa shape index (κ1) is 15.7. The molecular formula is C16H24N6O. The number of carbonyl (C=O) groups is 1. The van der Waals surface area contributed by atoms with E-state index in [2.05, 4.69) is 19.6 Å². The maximum Gasteiger partial charge on any atom is 0.250 e. The third kappa shape index (κ3) is 2.87. The van der Waals surface area contributed by atoms with Crippen LogP contribution >= 0.6 is 0 Å². The van der Waals surface area contributed by atoms with Crippen LogP contribution in [0.3, 0.4) is 0 Å². The van der Waals surface area contributed by atoms with E-state index in [1.54, 1.807) is 11.0 Å². The van der Waals surface area contributed by atoms with Crippen LogP contribution in [0.1, 0.15) is 44.1 Å². The van der Waals surface area contributed by atoms with E-state index >= 15 is 0 Å². The van der Waals surface area contributed by atoms with Crippen LogP contribution in [0.15, 0.2) is 18.9 Å². The van der Waals surface area contributed by atoms with Gasteiger partial charge in [-0.2, -0.15) is 5.10 Å². The Labute approximate surface area is 136 Å². The molecule has 7 heteroatoms. The molecule has 2 aromatic rings. The predicted octanol–water partition coefficient (Wildman–Crippen LogP) is 1.46. The summed E-state index contributed by atoms with van der Waals surface area (Å²) >= 11 is 0. The first-order valence-corrected chi connectivity index (χ1v) is 8.04. The molecule has 1 aliphatic heterocycles. The highest BCUT2D eigenvalue weighted by molar-refractivity contribution is 5.83. The van der Waals surface area contributed by atoms with E-state index in [1.165, 1.54) is 6.33 Å². The number of piperidine rings is 1. The summed E-state index contributed by atoms with van der Waals surface area (Å²) in [7, 11) is 2.02. The second kappa shape index (κ2) is 5.79. The van der Waals surface area contributed by atoms with E-state index in [4.69, 9.17) is 0 Å². The van der Waals surface area contributed by atoms with Gasteiger partial charge in [0.2, 0.25) is 5.91 Å². The smallest absolute Gasteiger partial charge is 0.250 e. The molecule has 1 fully saturated rings. The molecular weight excluding hydrogens is 292 g/mol. The second-order valence-electron chi connectivity index (χ2n) is 6.84. The number of amides is 1. The van der Waals surface area contributed by atoms with Crippen LogP contribution < -0.4 is 0 Å². The van der Waals surface area contributed by atoms with Crippen LogP contribution in [0.5, 0.6) is 0 Å². The Morgan fingerprint density at radius 1 is 1.39 bits per heavy atom. The summed E-state index contributed by atoms with van der Waals surface area (Å²) in [5.74, 6) is 1.44. The molecule has 0 N–H and O–H groups in total. The lowest BCUT2D eigenvalue weighted by molar-refractivity contribution is -0.141. The molecule has 0 aromatic carbocycles. The Morgan fingerprint density at radius 3 is 2.78 bits per heavy atom. The Balaban J connectivity index is 1.78. The largest absolute Gasteiger partial charge is 0.340 e. The molecule has 3 heterocycles. The van der Waals surface area contributed by atoms with Crippen molar-refractivity contribution in [3.8, 4) is 0 Å². The first-order chi connectivity index (χ1) is 10.9. The zero-order chi connectivity index (χ0) is 16.6. The molecule has 124 valence electrons. The third-order valence-corrected chi connectivity index (χ3v) is 4.62. The maximum atomic E-state index is 13.0. The minimum atomic E-state index is -0.726. The summed E-state index contributed by atoms with van der Waals surface area (Å²) in [5, 5.41) is 4.14. The number of nitrogens with zero attached hydrogens (tertiary/aromatic N) is 6. The van der Waals surface area contributed by atoms with Crippen molar-refractivity contribution in [3.05, 3.63) is 30.4 Å². The van der Waals surface area contributed by atoms with Gasteiger partial charge in [-0.05, 0) is 33.6 Å². The zero-order valence-corrected chi connectivity index (χ0v) is 14.2. The molecule has 2 aromatic heterocycles. The van der Waals surface area contributed by atoms with Crippen LogP contribution in [-0.2, 0) is 17.4 Å². The van der Waals surface area contributed by atoms with Gasteiger partial charge in [0, 0.05) is 32.3 Å². The number of hydrogen-bond donors (Lipinski definition) is 0. The molecule has 23 heavy (non-hydrogen) atoms. The molecule has 0 radical (unpaired) electrons. The lowest BCUT2D eigenvalue weighted by atomic mass is 9.94. The summed E-state index contributed by atoms with van der Waals surface area (Å²) in [5.41, 5.74) is 0.296. The highest BCUT2D eigenvalue weighted by Crippen LogP contribution is 2.28. The van der Waals surface area contributed by atoms with E-state index in [0.29, 0.717) is 6.54 Å². The number of aromatic nitrogens is 5. The molecule has 1 atom stereocenters. The van der Waals surface area contributed by atoms with Crippen molar-refractivity contribution in [3.63, 3.8) is 0 Å². The number of likely N-dealkylation sites (tertiary alicyclic amines) is 1. The molecule has 0 bridgehead atoms. The SMILES string of the molecule is Cc1cn(C)c([C@@H]2CCCN(C(=O)C(C)(C)n3cncn3)C2)n1. The molecule has 0 spiro atoms. The fourth-order valence-corrected chi connectivity index (χ4v) is 3.37.